The van der Waals surface area contributed by atoms with Crippen LogP contribution in [-0.2, 0) is 6.42 Å². The fraction of sp³-hybridized carbons (Fsp3) is 0.190. The number of fused-ring (bicyclic) bond motifs is 1. The van der Waals surface area contributed by atoms with Crippen LogP contribution in [0.3, 0.4) is 0 Å². The number of ketones is 1. The molecular weight excluding hydrogens is 328 g/mol. The molecule has 0 unspecified atom stereocenters. The van der Waals surface area contributed by atoms with Gasteiger partial charge in [-0.3, -0.25) is 4.79 Å². The number of benzene rings is 2. The van der Waals surface area contributed by atoms with Crippen molar-refractivity contribution >= 4 is 23.2 Å². The van der Waals surface area contributed by atoms with Gasteiger partial charge in [-0.05, 0) is 55.7 Å². The summed E-state index contributed by atoms with van der Waals surface area (Å²) in [6.45, 7) is 1.99. The van der Waals surface area contributed by atoms with Crippen LogP contribution < -0.4 is 5.73 Å². The summed E-state index contributed by atoms with van der Waals surface area (Å²) in [4.78, 5) is 18.1. The van der Waals surface area contributed by atoms with Gasteiger partial charge in [0.2, 0.25) is 0 Å². The van der Waals surface area contributed by atoms with Crippen LogP contribution in [0.4, 0.5) is 5.69 Å². The van der Waals surface area contributed by atoms with E-state index in [-0.39, 0.29) is 5.78 Å². The number of nitrogens with two attached hydrogens (primary N) is 1. The summed E-state index contributed by atoms with van der Waals surface area (Å²) in [6, 6.07) is 16.3. The molecule has 3 nitrogen and oxygen atoms in total. The van der Waals surface area contributed by atoms with Gasteiger partial charge in [0.1, 0.15) is 0 Å². The number of aryl methyl sites for hydroxylation is 1. The summed E-state index contributed by atoms with van der Waals surface area (Å²) in [6.07, 6.45) is 2.50. The molecule has 0 saturated heterocycles. The molecule has 0 fully saturated rings. The zero-order chi connectivity index (χ0) is 17.4. The molecule has 4 heteroatoms. The van der Waals surface area contributed by atoms with Gasteiger partial charge >= 0.3 is 0 Å². The highest BCUT2D eigenvalue weighted by Gasteiger charge is 2.26. The van der Waals surface area contributed by atoms with Gasteiger partial charge in [0, 0.05) is 38.7 Å². The quantitative estimate of drug-likeness (QED) is 0.636. The Morgan fingerprint density at radius 2 is 1.88 bits per heavy atom. The van der Waals surface area contributed by atoms with Crippen LogP contribution in [0.25, 0.3) is 11.3 Å². The molecule has 1 aliphatic carbocycles. The molecule has 0 spiro atoms. The topological polar surface area (TPSA) is 58.9 Å². The van der Waals surface area contributed by atoms with Crippen molar-refractivity contribution in [2.45, 2.75) is 36.0 Å². The second-order valence-corrected chi connectivity index (χ2v) is 7.54. The average Bonchev–Trinajstić information content (AvgIpc) is 2.95. The number of rotatable bonds is 3. The number of carbonyl (C=O) groups is 1. The van der Waals surface area contributed by atoms with Gasteiger partial charge < -0.3 is 10.7 Å². The van der Waals surface area contributed by atoms with Gasteiger partial charge in [-0.1, -0.05) is 30.0 Å². The molecule has 2 aromatic carbocycles. The number of carbonyl (C=O) groups excluding carboxylic acids is 1. The van der Waals surface area contributed by atoms with Crippen LogP contribution >= 0.6 is 11.8 Å². The van der Waals surface area contributed by atoms with Crippen molar-refractivity contribution in [3.8, 4) is 11.3 Å². The van der Waals surface area contributed by atoms with Crippen molar-refractivity contribution in [1.82, 2.24) is 4.98 Å². The van der Waals surface area contributed by atoms with Gasteiger partial charge in [-0.2, -0.15) is 0 Å². The summed E-state index contributed by atoms with van der Waals surface area (Å²) in [5, 5.41) is 0. The third-order valence-corrected chi connectivity index (χ3v) is 5.73. The summed E-state index contributed by atoms with van der Waals surface area (Å²) in [5.41, 5.74) is 11.9. The Morgan fingerprint density at radius 1 is 1.08 bits per heavy atom. The maximum absolute atomic E-state index is 12.3. The first-order valence-corrected chi connectivity index (χ1v) is 9.32. The van der Waals surface area contributed by atoms with Crippen molar-refractivity contribution in [1.29, 1.82) is 0 Å². The fourth-order valence-electron chi connectivity index (χ4n) is 3.53. The molecule has 0 radical (unpaired) electrons. The van der Waals surface area contributed by atoms with E-state index in [1.807, 2.05) is 37.3 Å². The molecule has 25 heavy (non-hydrogen) atoms. The Balaban J connectivity index is 1.85. The maximum Gasteiger partial charge on any atom is 0.164 e. The zero-order valence-corrected chi connectivity index (χ0v) is 15.0. The van der Waals surface area contributed by atoms with Crippen LogP contribution in [-0.4, -0.2) is 10.8 Å². The third kappa shape index (κ3) is 2.98. The number of hydrogen-bond acceptors (Lipinski definition) is 3. The minimum atomic E-state index is 0.252. The molecule has 1 aliphatic rings. The van der Waals surface area contributed by atoms with Gasteiger partial charge in [-0.25, -0.2) is 0 Å². The predicted molar refractivity (Wildman–Crippen MR) is 103 cm³/mol. The fourth-order valence-corrected chi connectivity index (χ4v) is 4.49. The SMILES string of the molecule is Cc1[nH]c(-c2cc(N)ccc2Sc2ccccc2)c2c1C(=O)CCC2. The van der Waals surface area contributed by atoms with E-state index >= 15 is 0 Å². The Labute approximate surface area is 151 Å². The first-order valence-electron chi connectivity index (χ1n) is 8.51. The summed E-state index contributed by atoms with van der Waals surface area (Å²) in [5.74, 6) is 0.252. The van der Waals surface area contributed by atoms with Gasteiger partial charge in [0.25, 0.3) is 0 Å². The van der Waals surface area contributed by atoms with E-state index in [9.17, 15) is 4.79 Å². The summed E-state index contributed by atoms with van der Waals surface area (Å²) < 4.78 is 0. The molecular formula is C21H20N2OS. The normalized spacial score (nSPS) is 13.7. The number of Topliss-reactive ketones (excluding diaryl/α,β-unsaturated/α-hetero) is 1. The minimum Gasteiger partial charge on any atom is -0.399 e. The summed E-state index contributed by atoms with van der Waals surface area (Å²) >= 11 is 1.72. The lowest BCUT2D eigenvalue weighted by Crippen LogP contribution is -2.10. The second-order valence-electron chi connectivity index (χ2n) is 6.43. The van der Waals surface area contributed by atoms with Crippen LogP contribution in [0.2, 0.25) is 0 Å². The lowest BCUT2D eigenvalue weighted by atomic mass is 9.89. The van der Waals surface area contributed by atoms with E-state index < -0.39 is 0 Å². The van der Waals surface area contributed by atoms with E-state index in [0.29, 0.717) is 6.42 Å². The largest absolute Gasteiger partial charge is 0.399 e. The number of hydrogen-bond donors (Lipinski definition) is 2. The molecule has 0 bridgehead atoms. The number of H-pyrrole nitrogens is 1. The van der Waals surface area contributed by atoms with Crippen molar-refractivity contribution < 1.29 is 4.79 Å². The number of aromatic nitrogens is 1. The maximum atomic E-state index is 12.3. The number of anilines is 1. The monoisotopic (exact) mass is 348 g/mol. The first-order chi connectivity index (χ1) is 12.1. The Kier molecular flexibility index (Phi) is 4.14. The molecule has 0 amide bonds. The van der Waals surface area contributed by atoms with Crippen LogP contribution in [0.15, 0.2) is 58.3 Å². The Hall–Kier alpha value is -2.46. The lowest BCUT2D eigenvalue weighted by Gasteiger charge is -2.15. The van der Waals surface area contributed by atoms with Crippen molar-refractivity contribution in [3.63, 3.8) is 0 Å². The Bertz CT molecular complexity index is 944. The average molecular weight is 348 g/mol. The van der Waals surface area contributed by atoms with E-state index in [1.54, 1.807) is 11.8 Å². The zero-order valence-electron chi connectivity index (χ0n) is 14.1. The molecule has 3 aromatic rings. The van der Waals surface area contributed by atoms with E-state index in [1.165, 1.54) is 4.90 Å². The molecule has 4 rings (SSSR count). The molecule has 1 aromatic heterocycles. The van der Waals surface area contributed by atoms with E-state index in [0.717, 1.165) is 51.5 Å². The number of nitrogen functional groups attached to an aromatic ring is 1. The molecule has 126 valence electrons. The molecule has 0 atom stereocenters. The molecule has 0 aliphatic heterocycles. The van der Waals surface area contributed by atoms with E-state index in [2.05, 4.69) is 23.2 Å². The van der Waals surface area contributed by atoms with Crippen molar-refractivity contribution in [2.75, 3.05) is 5.73 Å². The number of aromatic amines is 1. The smallest absolute Gasteiger partial charge is 0.164 e. The lowest BCUT2D eigenvalue weighted by molar-refractivity contribution is 0.0972. The van der Waals surface area contributed by atoms with Gasteiger partial charge in [0.15, 0.2) is 5.78 Å². The number of nitrogens with one attached hydrogen (secondary N) is 1. The Morgan fingerprint density at radius 3 is 2.68 bits per heavy atom. The molecule has 1 heterocycles. The standard InChI is InChI=1S/C21H20N2OS/c1-13-20-16(8-5-9-18(20)24)21(23-13)17-12-14(22)10-11-19(17)25-15-6-3-2-4-7-15/h2-4,6-7,10-12,23H,5,8-9,22H2,1H3. The van der Waals surface area contributed by atoms with Crippen LogP contribution in [0.1, 0.15) is 34.5 Å². The molecule has 0 saturated carbocycles. The van der Waals surface area contributed by atoms with Crippen LogP contribution in [0.5, 0.6) is 0 Å². The van der Waals surface area contributed by atoms with Gasteiger partial charge in [0.05, 0.1) is 5.69 Å². The first kappa shape index (κ1) is 16.0. The second kappa shape index (κ2) is 6.45. The minimum absolute atomic E-state index is 0.252. The third-order valence-electron chi connectivity index (χ3n) is 4.64. The van der Waals surface area contributed by atoms with Crippen LogP contribution in [0, 0.1) is 6.92 Å². The summed E-state index contributed by atoms with van der Waals surface area (Å²) in [7, 11) is 0. The van der Waals surface area contributed by atoms with Crippen molar-refractivity contribution in [2.24, 2.45) is 0 Å². The highest BCUT2D eigenvalue weighted by Crippen LogP contribution is 2.41. The predicted octanol–water partition coefficient (Wildman–Crippen LogP) is 5.24. The molecule has 3 N–H and O–H groups in total. The van der Waals surface area contributed by atoms with Crippen molar-refractivity contribution in [3.05, 3.63) is 65.4 Å². The highest BCUT2D eigenvalue weighted by atomic mass is 32.2. The highest BCUT2D eigenvalue weighted by molar-refractivity contribution is 7.99. The van der Waals surface area contributed by atoms with Gasteiger partial charge in [-0.15, -0.1) is 0 Å². The van der Waals surface area contributed by atoms with E-state index in [4.69, 9.17) is 5.73 Å².